The molecule has 6 nitrogen and oxygen atoms in total. The van der Waals surface area contributed by atoms with E-state index in [2.05, 4.69) is 5.32 Å². The molecule has 2 amide bonds. The Labute approximate surface area is 124 Å². The van der Waals surface area contributed by atoms with Gasteiger partial charge < -0.3 is 15.1 Å². The lowest BCUT2D eigenvalue weighted by atomic mass is 10.1. The van der Waals surface area contributed by atoms with E-state index in [1.165, 1.54) is 11.8 Å². The Kier molecular flexibility index (Phi) is 3.31. The lowest BCUT2D eigenvalue weighted by Crippen LogP contribution is -2.48. The largest absolute Gasteiger partial charge is 0.363 e. The van der Waals surface area contributed by atoms with Gasteiger partial charge in [0, 0.05) is 33.1 Å². The van der Waals surface area contributed by atoms with Crippen LogP contribution in [0.4, 0.5) is 20.2 Å². The van der Waals surface area contributed by atoms with Crippen LogP contribution in [0.15, 0.2) is 6.07 Å². The fourth-order valence-electron chi connectivity index (χ4n) is 2.74. The van der Waals surface area contributed by atoms with Gasteiger partial charge in [0.25, 0.3) is 11.7 Å². The van der Waals surface area contributed by atoms with E-state index in [9.17, 15) is 23.2 Å². The van der Waals surface area contributed by atoms with Gasteiger partial charge in [0.1, 0.15) is 11.5 Å². The highest BCUT2D eigenvalue weighted by Gasteiger charge is 2.35. The zero-order valence-electron chi connectivity index (χ0n) is 11.8. The third-order valence-electron chi connectivity index (χ3n) is 3.92. The maximum absolute atomic E-state index is 14.5. The number of Topliss-reactive ketones (excluding diaryl/α,β-unsaturated/α-hetero) is 1. The first-order valence-corrected chi connectivity index (χ1v) is 6.78. The third-order valence-corrected chi connectivity index (χ3v) is 3.92. The van der Waals surface area contributed by atoms with Crippen molar-refractivity contribution < 1.29 is 23.2 Å². The molecule has 0 radical (unpaired) electrons. The van der Waals surface area contributed by atoms with Crippen molar-refractivity contribution in [1.82, 2.24) is 4.90 Å². The van der Waals surface area contributed by atoms with E-state index in [1.807, 2.05) is 0 Å². The van der Waals surface area contributed by atoms with E-state index in [0.29, 0.717) is 13.1 Å². The number of ketones is 1. The number of nitrogens with zero attached hydrogens (tertiary/aromatic N) is 2. The molecule has 3 rings (SSSR count). The second-order valence-corrected chi connectivity index (χ2v) is 5.22. The molecule has 0 saturated carbocycles. The van der Waals surface area contributed by atoms with Gasteiger partial charge in [-0.2, -0.15) is 0 Å². The van der Waals surface area contributed by atoms with Crippen molar-refractivity contribution in [2.24, 2.45) is 0 Å². The molecular formula is C14H13F2N3O3. The van der Waals surface area contributed by atoms with E-state index in [4.69, 9.17) is 0 Å². The molecule has 0 aliphatic carbocycles. The second kappa shape index (κ2) is 5.04. The van der Waals surface area contributed by atoms with Crippen LogP contribution in [0.1, 0.15) is 17.3 Å². The van der Waals surface area contributed by atoms with Crippen LogP contribution in [0, 0.1) is 11.6 Å². The van der Waals surface area contributed by atoms with Crippen LogP contribution in [0.2, 0.25) is 0 Å². The molecule has 2 heterocycles. The predicted molar refractivity (Wildman–Crippen MR) is 73.8 cm³/mol. The first-order chi connectivity index (χ1) is 10.4. The average Bonchev–Trinajstić information content (AvgIpc) is 2.76. The molecule has 2 aliphatic rings. The summed E-state index contributed by atoms with van der Waals surface area (Å²) in [5, 5.41) is 2.13. The number of hydrogen-bond acceptors (Lipinski definition) is 4. The number of hydrogen-bond donors (Lipinski definition) is 1. The van der Waals surface area contributed by atoms with Crippen LogP contribution < -0.4 is 10.2 Å². The molecule has 2 aliphatic heterocycles. The standard InChI is InChI=1S/C14H13F2N3O3/c1-7(20)18-2-4-19(5-3-18)12-9(15)6-8-11(10(12)16)17-14(22)13(8)21/h6H,2-5H2,1H3,(H,17,21,22). The zero-order valence-corrected chi connectivity index (χ0v) is 11.8. The first-order valence-electron chi connectivity index (χ1n) is 6.78. The quantitative estimate of drug-likeness (QED) is 0.778. The van der Waals surface area contributed by atoms with Crippen molar-refractivity contribution >= 4 is 29.0 Å². The summed E-state index contributed by atoms with van der Waals surface area (Å²) in [4.78, 5) is 37.1. The zero-order chi connectivity index (χ0) is 16.0. The van der Waals surface area contributed by atoms with Gasteiger partial charge in [-0.3, -0.25) is 14.4 Å². The highest BCUT2D eigenvalue weighted by atomic mass is 19.1. The number of piperazine rings is 1. The molecule has 1 N–H and O–H groups in total. The van der Waals surface area contributed by atoms with Crippen LogP contribution in [0.5, 0.6) is 0 Å². The van der Waals surface area contributed by atoms with Gasteiger partial charge in [-0.15, -0.1) is 0 Å². The summed E-state index contributed by atoms with van der Waals surface area (Å²) in [5.41, 5.74) is -0.844. The van der Waals surface area contributed by atoms with Crippen LogP contribution in [0.3, 0.4) is 0 Å². The minimum absolute atomic E-state index is 0.0904. The summed E-state index contributed by atoms with van der Waals surface area (Å²) in [7, 11) is 0. The molecule has 1 aromatic carbocycles. The van der Waals surface area contributed by atoms with Gasteiger partial charge in [-0.1, -0.05) is 0 Å². The molecule has 0 spiro atoms. The van der Waals surface area contributed by atoms with Crippen molar-refractivity contribution in [3.8, 4) is 0 Å². The monoisotopic (exact) mass is 309 g/mol. The SMILES string of the molecule is CC(=O)N1CCN(c2c(F)cc3c(c2F)NC(=O)C3=O)CC1. The Morgan fingerprint density at radius 2 is 1.82 bits per heavy atom. The molecule has 0 atom stereocenters. The normalized spacial score (nSPS) is 17.6. The second-order valence-electron chi connectivity index (χ2n) is 5.22. The summed E-state index contributed by atoms with van der Waals surface area (Å²) < 4.78 is 28.7. The molecule has 0 bridgehead atoms. The van der Waals surface area contributed by atoms with Gasteiger partial charge >= 0.3 is 0 Å². The molecule has 8 heteroatoms. The Balaban J connectivity index is 1.93. The number of fused-ring (bicyclic) bond motifs is 1. The van der Waals surface area contributed by atoms with Gasteiger partial charge in [-0.25, -0.2) is 8.78 Å². The van der Waals surface area contributed by atoms with Crippen molar-refractivity contribution in [2.45, 2.75) is 6.92 Å². The number of amides is 2. The van der Waals surface area contributed by atoms with Crippen molar-refractivity contribution in [2.75, 3.05) is 36.4 Å². The molecule has 0 aromatic heterocycles. The Hall–Kier alpha value is -2.51. The van der Waals surface area contributed by atoms with E-state index < -0.39 is 23.3 Å². The number of rotatable bonds is 1. The minimum atomic E-state index is -0.966. The highest BCUT2D eigenvalue weighted by Crippen LogP contribution is 2.35. The van der Waals surface area contributed by atoms with Gasteiger partial charge in [0.15, 0.2) is 5.82 Å². The predicted octanol–water partition coefficient (Wildman–Crippen LogP) is 0.768. The van der Waals surface area contributed by atoms with Gasteiger partial charge in [-0.05, 0) is 6.07 Å². The highest BCUT2D eigenvalue weighted by molar-refractivity contribution is 6.51. The maximum Gasteiger partial charge on any atom is 0.296 e. The van der Waals surface area contributed by atoms with Crippen LogP contribution in [-0.4, -0.2) is 48.7 Å². The van der Waals surface area contributed by atoms with E-state index in [0.717, 1.165) is 6.07 Å². The lowest BCUT2D eigenvalue weighted by molar-refractivity contribution is -0.129. The van der Waals surface area contributed by atoms with Crippen molar-refractivity contribution in [3.63, 3.8) is 0 Å². The third kappa shape index (κ3) is 2.11. The molecule has 1 aromatic rings. The van der Waals surface area contributed by atoms with Crippen LogP contribution in [-0.2, 0) is 9.59 Å². The van der Waals surface area contributed by atoms with Crippen LogP contribution >= 0.6 is 0 Å². The summed E-state index contributed by atoms with van der Waals surface area (Å²) in [5.74, 6) is -3.84. The van der Waals surface area contributed by atoms with E-state index in [1.54, 1.807) is 4.90 Å². The van der Waals surface area contributed by atoms with E-state index >= 15 is 0 Å². The number of anilines is 2. The molecule has 0 unspecified atom stereocenters. The van der Waals surface area contributed by atoms with Gasteiger partial charge in [0.2, 0.25) is 5.91 Å². The summed E-state index contributed by atoms with van der Waals surface area (Å²) in [6, 6.07) is 0.880. The summed E-state index contributed by atoms with van der Waals surface area (Å²) in [6.45, 7) is 2.70. The minimum Gasteiger partial charge on any atom is -0.363 e. The fourth-order valence-corrected chi connectivity index (χ4v) is 2.74. The number of carbonyl (C=O) groups is 3. The smallest absolute Gasteiger partial charge is 0.296 e. The molecule has 22 heavy (non-hydrogen) atoms. The van der Waals surface area contributed by atoms with Crippen molar-refractivity contribution in [1.29, 1.82) is 0 Å². The Morgan fingerprint density at radius 1 is 1.18 bits per heavy atom. The molecule has 1 saturated heterocycles. The number of nitrogens with one attached hydrogen (secondary N) is 1. The first kappa shape index (κ1) is 14.4. The Morgan fingerprint density at radius 3 is 2.41 bits per heavy atom. The number of halogens is 2. The van der Waals surface area contributed by atoms with Crippen LogP contribution in [0.25, 0.3) is 0 Å². The number of carbonyl (C=O) groups excluding carboxylic acids is 3. The summed E-state index contributed by atoms with van der Waals surface area (Å²) >= 11 is 0. The molecular weight excluding hydrogens is 296 g/mol. The van der Waals surface area contributed by atoms with Gasteiger partial charge in [0.05, 0.1) is 11.3 Å². The summed E-state index contributed by atoms with van der Waals surface area (Å²) in [6.07, 6.45) is 0. The lowest BCUT2D eigenvalue weighted by Gasteiger charge is -2.36. The average molecular weight is 309 g/mol. The molecule has 116 valence electrons. The van der Waals surface area contributed by atoms with E-state index in [-0.39, 0.29) is 35.9 Å². The number of benzene rings is 1. The van der Waals surface area contributed by atoms with Crippen molar-refractivity contribution in [3.05, 3.63) is 23.3 Å². The fraction of sp³-hybridized carbons (Fsp3) is 0.357. The molecule has 1 fully saturated rings. The Bertz CT molecular complexity index is 697. The topological polar surface area (TPSA) is 69.7 Å². The maximum atomic E-state index is 14.5.